The molecule has 1 fully saturated rings. The molecule has 0 saturated carbocycles. The summed E-state index contributed by atoms with van der Waals surface area (Å²) in [6, 6.07) is 11.2. The van der Waals surface area contributed by atoms with Gasteiger partial charge in [0.25, 0.3) is 0 Å². The summed E-state index contributed by atoms with van der Waals surface area (Å²) in [6.07, 6.45) is 1.70. The molecule has 1 saturated heterocycles. The van der Waals surface area contributed by atoms with Gasteiger partial charge in [0, 0.05) is 33.3 Å². The van der Waals surface area contributed by atoms with Crippen molar-refractivity contribution >= 4 is 11.8 Å². The maximum absolute atomic E-state index is 12.5. The van der Waals surface area contributed by atoms with Crippen molar-refractivity contribution in [3.8, 4) is 11.6 Å². The lowest BCUT2D eigenvalue weighted by Crippen LogP contribution is -2.48. The van der Waals surface area contributed by atoms with Gasteiger partial charge in [0.2, 0.25) is 5.88 Å². The Morgan fingerprint density at radius 2 is 2.00 bits per heavy atom. The topological polar surface area (TPSA) is 79.8 Å². The number of methoxy groups -OCH3 is 1. The van der Waals surface area contributed by atoms with Gasteiger partial charge >= 0.3 is 6.03 Å². The number of piperidine rings is 1. The predicted octanol–water partition coefficient (Wildman–Crippen LogP) is 2.30. The van der Waals surface area contributed by atoms with Crippen molar-refractivity contribution in [1.29, 1.82) is 0 Å². The normalized spacial score (nSPS) is 16.4. The second-order valence-corrected chi connectivity index (χ2v) is 6.96. The van der Waals surface area contributed by atoms with Crippen LogP contribution in [0.4, 0.5) is 10.6 Å². The highest BCUT2D eigenvalue weighted by Crippen LogP contribution is 2.18. The summed E-state index contributed by atoms with van der Waals surface area (Å²) in [7, 11) is 5.45. The Morgan fingerprint density at radius 1 is 1.21 bits per heavy atom. The molecule has 0 aliphatic carbocycles. The van der Waals surface area contributed by atoms with Crippen molar-refractivity contribution < 1.29 is 14.3 Å². The highest BCUT2D eigenvalue weighted by molar-refractivity contribution is 5.74. The number of nitrogens with zero attached hydrogens (tertiary/aromatic N) is 4. The van der Waals surface area contributed by atoms with Gasteiger partial charge in [-0.2, -0.15) is 0 Å². The Labute approximate surface area is 165 Å². The van der Waals surface area contributed by atoms with Gasteiger partial charge in [0.1, 0.15) is 11.9 Å². The van der Waals surface area contributed by atoms with Crippen LogP contribution in [-0.2, 0) is 6.54 Å². The number of likely N-dealkylation sites (tertiary alicyclic amines) is 1. The van der Waals surface area contributed by atoms with Gasteiger partial charge in [-0.15, -0.1) is 10.2 Å². The summed E-state index contributed by atoms with van der Waals surface area (Å²) in [5.41, 5.74) is 1.02. The van der Waals surface area contributed by atoms with E-state index in [-0.39, 0.29) is 12.1 Å². The summed E-state index contributed by atoms with van der Waals surface area (Å²) < 4.78 is 11.1. The molecule has 28 heavy (non-hydrogen) atoms. The van der Waals surface area contributed by atoms with Crippen LogP contribution in [-0.4, -0.2) is 61.5 Å². The summed E-state index contributed by atoms with van der Waals surface area (Å²) >= 11 is 0. The number of ether oxygens (including phenoxy) is 2. The molecule has 1 N–H and O–H groups in total. The summed E-state index contributed by atoms with van der Waals surface area (Å²) in [5.74, 6) is 2.06. The quantitative estimate of drug-likeness (QED) is 0.822. The molecule has 3 rings (SSSR count). The molecule has 2 amide bonds. The van der Waals surface area contributed by atoms with E-state index in [9.17, 15) is 4.79 Å². The fraction of sp³-hybridized carbons (Fsp3) is 0.450. The number of carbonyl (C=O) groups is 1. The molecular formula is C20H27N5O3. The van der Waals surface area contributed by atoms with Gasteiger partial charge in [-0.1, -0.05) is 12.1 Å². The Kier molecular flexibility index (Phi) is 6.52. The smallest absolute Gasteiger partial charge is 0.317 e. The van der Waals surface area contributed by atoms with Crippen molar-refractivity contribution in [3.05, 3.63) is 42.0 Å². The third-order valence-corrected chi connectivity index (χ3v) is 4.64. The monoisotopic (exact) mass is 385 g/mol. The first-order valence-corrected chi connectivity index (χ1v) is 9.38. The number of nitrogens with one attached hydrogen (secondary N) is 1. The van der Waals surface area contributed by atoms with Crippen molar-refractivity contribution in [1.82, 2.24) is 20.4 Å². The molecule has 1 aromatic carbocycles. The summed E-state index contributed by atoms with van der Waals surface area (Å²) in [5, 5.41) is 11.2. The highest BCUT2D eigenvalue weighted by Gasteiger charge is 2.25. The number of hydrogen-bond donors (Lipinski definition) is 1. The second-order valence-electron chi connectivity index (χ2n) is 6.96. The molecule has 1 aliphatic rings. The molecule has 0 bridgehead atoms. The molecule has 150 valence electrons. The van der Waals surface area contributed by atoms with Crippen LogP contribution in [0.25, 0.3) is 0 Å². The number of amides is 2. The van der Waals surface area contributed by atoms with Crippen LogP contribution in [0.2, 0.25) is 0 Å². The number of aromatic nitrogens is 2. The van der Waals surface area contributed by atoms with E-state index in [2.05, 4.69) is 15.5 Å². The van der Waals surface area contributed by atoms with E-state index >= 15 is 0 Å². The minimum Gasteiger partial charge on any atom is -0.497 e. The molecular weight excluding hydrogens is 358 g/mol. The van der Waals surface area contributed by atoms with Gasteiger partial charge in [0.05, 0.1) is 13.7 Å². The Hall–Kier alpha value is -3.03. The number of benzene rings is 1. The Balaban J connectivity index is 1.49. The van der Waals surface area contributed by atoms with E-state index in [1.165, 1.54) is 0 Å². The first kappa shape index (κ1) is 19.7. The molecule has 0 radical (unpaired) electrons. The standard InChI is InChI=1S/C20H27N5O3/c1-24(2)18-10-11-19(23-22-18)28-17-5-4-12-25(14-17)20(26)21-13-15-6-8-16(27-3)9-7-15/h6-11,17H,4-5,12-14H2,1-3H3,(H,21,26). The molecule has 1 atom stereocenters. The molecule has 1 unspecified atom stereocenters. The van der Waals surface area contributed by atoms with E-state index in [1.807, 2.05) is 55.4 Å². The van der Waals surface area contributed by atoms with E-state index in [1.54, 1.807) is 12.0 Å². The van der Waals surface area contributed by atoms with Crippen molar-refractivity contribution in [3.63, 3.8) is 0 Å². The van der Waals surface area contributed by atoms with E-state index < -0.39 is 0 Å². The molecule has 8 nitrogen and oxygen atoms in total. The second kappa shape index (κ2) is 9.25. The van der Waals surface area contributed by atoms with Gasteiger partial charge in [-0.3, -0.25) is 0 Å². The SMILES string of the molecule is COc1ccc(CNC(=O)N2CCCC(Oc3ccc(N(C)C)nn3)C2)cc1. The predicted molar refractivity (Wildman–Crippen MR) is 107 cm³/mol. The fourth-order valence-corrected chi connectivity index (χ4v) is 3.04. The van der Waals surface area contributed by atoms with Crippen LogP contribution in [0.1, 0.15) is 18.4 Å². The number of carbonyl (C=O) groups excluding carboxylic acids is 1. The van der Waals surface area contributed by atoms with Gasteiger partial charge in [-0.05, 0) is 36.6 Å². The molecule has 1 aromatic heterocycles. The van der Waals surface area contributed by atoms with Crippen molar-refractivity contribution in [2.24, 2.45) is 0 Å². The van der Waals surface area contributed by atoms with Crippen LogP contribution in [0.3, 0.4) is 0 Å². The van der Waals surface area contributed by atoms with Crippen LogP contribution < -0.4 is 19.7 Å². The minimum atomic E-state index is -0.0850. The maximum atomic E-state index is 12.5. The zero-order valence-corrected chi connectivity index (χ0v) is 16.6. The van der Waals surface area contributed by atoms with Gasteiger partial charge in [0.15, 0.2) is 5.82 Å². The summed E-state index contributed by atoms with van der Waals surface area (Å²) in [6.45, 7) is 1.73. The first-order chi connectivity index (χ1) is 13.5. The maximum Gasteiger partial charge on any atom is 0.317 e. The van der Waals surface area contributed by atoms with Gasteiger partial charge < -0.3 is 24.6 Å². The number of urea groups is 1. The first-order valence-electron chi connectivity index (χ1n) is 9.38. The highest BCUT2D eigenvalue weighted by atomic mass is 16.5. The third kappa shape index (κ3) is 5.25. The largest absolute Gasteiger partial charge is 0.497 e. The lowest BCUT2D eigenvalue weighted by molar-refractivity contribution is 0.0969. The van der Waals surface area contributed by atoms with E-state index in [4.69, 9.17) is 9.47 Å². The third-order valence-electron chi connectivity index (χ3n) is 4.64. The average Bonchev–Trinajstić information content (AvgIpc) is 2.73. The molecule has 1 aliphatic heterocycles. The van der Waals surface area contributed by atoms with Crippen molar-refractivity contribution in [2.75, 3.05) is 39.2 Å². The van der Waals surface area contributed by atoms with E-state index in [0.717, 1.165) is 36.5 Å². The Morgan fingerprint density at radius 3 is 2.64 bits per heavy atom. The zero-order valence-electron chi connectivity index (χ0n) is 16.6. The molecule has 2 aromatic rings. The van der Waals surface area contributed by atoms with Crippen molar-refractivity contribution in [2.45, 2.75) is 25.5 Å². The van der Waals surface area contributed by atoms with Crippen LogP contribution in [0.15, 0.2) is 36.4 Å². The Bertz CT molecular complexity index is 764. The van der Waals surface area contributed by atoms with Gasteiger partial charge in [-0.25, -0.2) is 4.79 Å². The van der Waals surface area contributed by atoms with Crippen LogP contribution in [0, 0.1) is 0 Å². The number of hydrogen-bond acceptors (Lipinski definition) is 6. The number of anilines is 1. The molecule has 2 heterocycles. The van der Waals surface area contributed by atoms with Crippen LogP contribution in [0.5, 0.6) is 11.6 Å². The molecule has 0 spiro atoms. The zero-order chi connectivity index (χ0) is 19.9. The summed E-state index contributed by atoms with van der Waals surface area (Å²) in [4.78, 5) is 16.2. The van der Waals surface area contributed by atoms with Crippen LogP contribution >= 0.6 is 0 Å². The molecule has 8 heteroatoms. The fourth-order valence-electron chi connectivity index (χ4n) is 3.04. The lowest BCUT2D eigenvalue weighted by Gasteiger charge is -2.32. The van der Waals surface area contributed by atoms with E-state index in [0.29, 0.717) is 19.0 Å². The lowest BCUT2D eigenvalue weighted by atomic mass is 10.1. The number of rotatable bonds is 6. The minimum absolute atomic E-state index is 0.0833. The average molecular weight is 385 g/mol.